The van der Waals surface area contributed by atoms with Gasteiger partial charge in [-0.1, -0.05) is 12.1 Å². The predicted octanol–water partition coefficient (Wildman–Crippen LogP) is 3.59. The highest BCUT2D eigenvalue weighted by Gasteiger charge is 2.18. The number of hydrogen-bond acceptors (Lipinski definition) is 4. The second-order valence-corrected chi connectivity index (χ2v) is 5.33. The van der Waals surface area contributed by atoms with E-state index in [2.05, 4.69) is 5.32 Å². The number of likely N-dealkylation sites (N-methyl/N-ethyl adjacent to an activating group) is 1. The van der Waals surface area contributed by atoms with Crippen LogP contribution in [0.2, 0.25) is 0 Å². The lowest BCUT2D eigenvalue weighted by atomic mass is 10.1. The quantitative estimate of drug-likeness (QED) is 0.652. The summed E-state index contributed by atoms with van der Waals surface area (Å²) in [6, 6.07) is 9.14. The lowest BCUT2D eigenvalue weighted by Crippen LogP contribution is -2.27. The van der Waals surface area contributed by atoms with Gasteiger partial charge in [0.2, 0.25) is 0 Å². The van der Waals surface area contributed by atoms with Crippen molar-refractivity contribution in [2.24, 2.45) is 0 Å². The van der Waals surface area contributed by atoms with E-state index in [-0.39, 0.29) is 23.2 Å². The Morgan fingerprint density at radius 1 is 1.13 bits per heavy atom. The van der Waals surface area contributed by atoms with E-state index in [1.807, 2.05) is 19.0 Å². The van der Waals surface area contributed by atoms with Crippen molar-refractivity contribution in [3.05, 3.63) is 69.8 Å². The van der Waals surface area contributed by atoms with Crippen molar-refractivity contribution in [3.8, 4) is 0 Å². The molecular formula is C16H17F2N3O2. The predicted molar refractivity (Wildman–Crippen MR) is 84.4 cm³/mol. The average molecular weight is 321 g/mol. The van der Waals surface area contributed by atoms with Gasteiger partial charge in [0.1, 0.15) is 17.3 Å². The molecule has 0 aliphatic heterocycles. The van der Waals surface area contributed by atoms with Crippen LogP contribution in [0.25, 0.3) is 0 Å². The second-order valence-electron chi connectivity index (χ2n) is 5.33. The van der Waals surface area contributed by atoms with Crippen molar-refractivity contribution in [1.29, 1.82) is 0 Å². The van der Waals surface area contributed by atoms with Crippen LogP contribution in [0.15, 0.2) is 42.5 Å². The summed E-state index contributed by atoms with van der Waals surface area (Å²) in [5.74, 6) is -0.888. The van der Waals surface area contributed by atoms with Gasteiger partial charge < -0.3 is 10.2 Å². The molecule has 0 spiro atoms. The third-order valence-electron chi connectivity index (χ3n) is 3.52. The van der Waals surface area contributed by atoms with Crippen LogP contribution in [0.4, 0.5) is 20.2 Å². The van der Waals surface area contributed by atoms with E-state index >= 15 is 0 Å². The minimum absolute atomic E-state index is 0.115. The molecule has 5 nitrogen and oxygen atoms in total. The van der Waals surface area contributed by atoms with E-state index in [9.17, 15) is 18.9 Å². The molecule has 0 heterocycles. The van der Waals surface area contributed by atoms with E-state index in [4.69, 9.17) is 0 Å². The Balaban J connectivity index is 2.21. The summed E-state index contributed by atoms with van der Waals surface area (Å²) in [6.45, 7) is 0.308. The fraction of sp³-hybridized carbons (Fsp3) is 0.250. The molecule has 0 saturated carbocycles. The van der Waals surface area contributed by atoms with Crippen LogP contribution in [0.5, 0.6) is 0 Å². The van der Waals surface area contributed by atoms with Crippen LogP contribution < -0.4 is 5.32 Å². The number of nitro benzene ring substituents is 1. The molecular weight excluding hydrogens is 304 g/mol. The second kappa shape index (κ2) is 7.15. The molecule has 2 rings (SSSR count). The van der Waals surface area contributed by atoms with Gasteiger partial charge in [0.25, 0.3) is 5.69 Å². The maximum atomic E-state index is 13.3. The fourth-order valence-electron chi connectivity index (χ4n) is 2.30. The minimum atomic E-state index is -0.565. The Kier molecular flexibility index (Phi) is 5.23. The molecule has 0 fully saturated rings. The number of halogens is 2. The number of rotatable bonds is 6. The van der Waals surface area contributed by atoms with Gasteiger partial charge in [-0.15, -0.1) is 0 Å². The van der Waals surface area contributed by atoms with Crippen molar-refractivity contribution < 1.29 is 13.7 Å². The lowest BCUT2D eigenvalue weighted by Gasteiger charge is -2.25. The van der Waals surface area contributed by atoms with Gasteiger partial charge in [-0.2, -0.15) is 0 Å². The SMILES string of the molecule is CN(C)C(CNc1cc(F)ccc1[N+](=O)[O-])c1ccc(F)cc1. The summed E-state index contributed by atoms with van der Waals surface area (Å²) in [6.07, 6.45) is 0. The molecule has 2 aromatic carbocycles. The van der Waals surface area contributed by atoms with Crippen molar-refractivity contribution in [1.82, 2.24) is 4.90 Å². The molecule has 0 aliphatic carbocycles. The molecule has 23 heavy (non-hydrogen) atoms. The molecule has 1 N–H and O–H groups in total. The van der Waals surface area contributed by atoms with Crippen LogP contribution in [-0.4, -0.2) is 30.5 Å². The van der Waals surface area contributed by atoms with Gasteiger partial charge in [-0.3, -0.25) is 10.1 Å². The summed E-state index contributed by atoms with van der Waals surface area (Å²) >= 11 is 0. The Labute approximate surface area is 132 Å². The first-order valence-electron chi connectivity index (χ1n) is 6.98. The van der Waals surface area contributed by atoms with Gasteiger partial charge >= 0.3 is 0 Å². The molecule has 1 atom stereocenters. The van der Waals surface area contributed by atoms with E-state index in [1.165, 1.54) is 12.1 Å². The molecule has 0 aromatic heterocycles. The number of nitrogens with one attached hydrogen (secondary N) is 1. The topological polar surface area (TPSA) is 58.4 Å². The van der Waals surface area contributed by atoms with Gasteiger partial charge in [-0.25, -0.2) is 8.78 Å². The average Bonchev–Trinajstić information content (AvgIpc) is 2.48. The number of hydrogen-bond donors (Lipinski definition) is 1. The first-order valence-corrected chi connectivity index (χ1v) is 6.98. The highest BCUT2D eigenvalue weighted by Crippen LogP contribution is 2.27. The van der Waals surface area contributed by atoms with Crippen LogP contribution in [0.3, 0.4) is 0 Å². The Bertz CT molecular complexity index is 690. The molecule has 0 aliphatic rings. The first-order chi connectivity index (χ1) is 10.9. The third-order valence-corrected chi connectivity index (χ3v) is 3.52. The van der Waals surface area contributed by atoms with E-state index in [0.29, 0.717) is 6.54 Å². The molecule has 1 unspecified atom stereocenters. The molecule has 0 amide bonds. The van der Waals surface area contributed by atoms with Crippen LogP contribution in [0, 0.1) is 21.7 Å². The van der Waals surface area contributed by atoms with E-state index < -0.39 is 10.7 Å². The van der Waals surface area contributed by atoms with Crippen molar-refractivity contribution in [3.63, 3.8) is 0 Å². The maximum Gasteiger partial charge on any atom is 0.292 e. The smallest absolute Gasteiger partial charge is 0.292 e. The standard InChI is InChI=1S/C16H17F2N3O2/c1-20(2)16(11-3-5-12(17)6-4-11)10-19-14-9-13(18)7-8-15(14)21(22)23/h3-9,16,19H,10H2,1-2H3. The lowest BCUT2D eigenvalue weighted by molar-refractivity contribution is -0.384. The zero-order valence-corrected chi connectivity index (χ0v) is 12.8. The Morgan fingerprint density at radius 3 is 2.30 bits per heavy atom. The van der Waals surface area contributed by atoms with Gasteiger partial charge in [-0.05, 0) is 37.9 Å². The minimum Gasteiger partial charge on any atom is -0.377 e. The summed E-state index contributed by atoms with van der Waals surface area (Å²) < 4.78 is 26.4. The molecule has 0 saturated heterocycles. The first kappa shape index (κ1) is 16.8. The normalized spacial score (nSPS) is 12.2. The third kappa shape index (κ3) is 4.23. The van der Waals surface area contributed by atoms with E-state index in [1.54, 1.807) is 12.1 Å². The summed E-state index contributed by atoms with van der Waals surface area (Å²) in [5.41, 5.74) is 0.773. The van der Waals surface area contributed by atoms with Crippen LogP contribution in [0.1, 0.15) is 11.6 Å². The summed E-state index contributed by atoms with van der Waals surface area (Å²) in [4.78, 5) is 12.3. The zero-order valence-electron chi connectivity index (χ0n) is 12.8. The van der Waals surface area contributed by atoms with Crippen LogP contribution in [-0.2, 0) is 0 Å². The van der Waals surface area contributed by atoms with E-state index in [0.717, 1.165) is 23.8 Å². The molecule has 122 valence electrons. The highest BCUT2D eigenvalue weighted by molar-refractivity contribution is 5.61. The Morgan fingerprint density at radius 2 is 1.74 bits per heavy atom. The summed E-state index contributed by atoms with van der Waals surface area (Å²) in [5, 5.41) is 13.9. The van der Waals surface area contributed by atoms with Crippen molar-refractivity contribution in [2.75, 3.05) is 26.0 Å². The Hall–Kier alpha value is -2.54. The van der Waals surface area contributed by atoms with Gasteiger partial charge in [0.15, 0.2) is 0 Å². The van der Waals surface area contributed by atoms with Crippen molar-refractivity contribution in [2.45, 2.75) is 6.04 Å². The molecule has 7 heteroatoms. The fourth-order valence-corrected chi connectivity index (χ4v) is 2.30. The number of anilines is 1. The molecule has 0 bridgehead atoms. The monoisotopic (exact) mass is 321 g/mol. The zero-order chi connectivity index (χ0) is 17.0. The van der Waals surface area contributed by atoms with Gasteiger partial charge in [0.05, 0.1) is 11.0 Å². The number of nitrogens with zero attached hydrogens (tertiary/aromatic N) is 2. The highest BCUT2D eigenvalue weighted by atomic mass is 19.1. The molecule has 0 radical (unpaired) electrons. The number of nitro groups is 1. The largest absolute Gasteiger partial charge is 0.377 e. The van der Waals surface area contributed by atoms with Crippen molar-refractivity contribution >= 4 is 11.4 Å². The summed E-state index contributed by atoms with van der Waals surface area (Å²) in [7, 11) is 3.69. The maximum absolute atomic E-state index is 13.3. The van der Waals surface area contributed by atoms with Gasteiger partial charge in [0, 0.05) is 18.7 Å². The number of benzene rings is 2. The molecule has 2 aromatic rings. The van der Waals surface area contributed by atoms with Crippen LogP contribution >= 0.6 is 0 Å².